The Morgan fingerprint density at radius 3 is 2.75 bits per heavy atom. The first-order valence-electron chi connectivity index (χ1n) is 8.56. The zero-order valence-electron chi connectivity index (χ0n) is 14.4. The number of hydrogen-bond donors (Lipinski definition) is 2. The molecule has 1 saturated carbocycles. The van der Waals surface area contributed by atoms with E-state index in [2.05, 4.69) is 14.9 Å². The highest BCUT2D eigenvalue weighted by molar-refractivity contribution is 5.95. The molecule has 1 aliphatic rings. The van der Waals surface area contributed by atoms with Crippen molar-refractivity contribution < 1.29 is 9.90 Å². The van der Waals surface area contributed by atoms with Crippen LogP contribution in [0.2, 0.25) is 0 Å². The van der Waals surface area contributed by atoms with Gasteiger partial charge in [0.15, 0.2) is 0 Å². The summed E-state index contributed by atoms with van der Waals surface area (Å²) in [4.78, 5) is 16.9. The molecule has 0 bridgehead atoms. The Bertz CT molecular complexity index is 716. The number of amides is 1. The van der Waals surface area contributed by atoms with Gasteiger partial charge in [0.05, 0.1) is 23.4 Å². The second-order valence-electron chi connectivity index (χ2n) is 6.81. The predicted octanol–water partition coefficient (Wildman–Crippen LogP) is 2.58. The number of carbonyl (C=O) groups is 1. The Kier molecular flexibility index (Phi) is 4.71. The van der Waals surface area contributed by atoms with Gasteiger partial charge < -0.3 is 15.0 Å². The third-order valence-corrected chi connectivity index (χ3v) is 4.98. The van der Waals surface area contributed by atoms with Gasteiger partial charge in [-0.15, -0.1) is 0 Å². The van der Waals surface area contributed by atoms with Gasteiger partial charge in [-0.05, 0) is 44.9 Å². The van der Waals surface area contributed by atoms with Crippen LogP contribution >= 0.6 is 0 Å². The molecule has 0 spiro atoms. The molecule has 128 valence electrons. The van der Waals surface area contributed by atoms with E-state index in [0.29, 0.717) is 18.7 Å². The molecule has 0 atom stereocenters. The van der Waals surface area contributed by atoms with Gasteiger partial charge in [0, 0.05) is 24.1 Å². The van der Waals surface area contributed by atoms with Crippen LogP contribution in [0.4, 0.5) is 0 Å². The van der Waals surface area contributed by atoms with Gasteiger partial charge >= 0.3 is 0 Å². The first-order chi connectivity index (χ1) is 11.5. The van der Waals surface area contributed by atoms with E-state index in [-0.39, 0.29) is 5.91 Å². The normalized spacial score (nSPS) is 16.3. The molecule has 2 N–H and O–H groups in total. The van der Waals surface area contributed by atoms with Crippen LogP contribution in [0.15, 0.2) is 30.5 Å². The van der Waals surface area contributed by atoms with Crippen molar-refractivity contribution in [3.05, 3.63) is 53.1 Å². The minimum atomic E-state index is -0.727. The summed E-state index contributed by atoms with van der Waals surface area (Å²) >= 11 is 0. The first kappa shape index (κ1) is 16.7. The highest BCUT2D eigenvalue weighted by Crippen LogP contribution is 2.28. The maximum absolute atomic E-state index is 12.5. The minimum Gasteiger partial charge on any atom is -0.388 e. The fourth-order valence-corrected chi connectivity index (χ4v) is 3.48. The van der Waals surface area contributed by atoms with Crippen molar-refractivity contribution in [1.29, 1.82) is 0 Å². The largest absolute Gasteiger partial charge is 0.388 e. The highest BCUT2D eigenvalue weighted by Gasteiger charge is 2.31. The van der Waals surface area contributed by atoms with Crippen LogP contribution in [0.25, 0.3) is 0 Å². The van der Waals surface area contributed by atoms with Gasteiger partial charge in [0.1, 0.15) is 0 Å². The molecule has 0 saturated heterocycles. The summed E-state index contributed by atoms with van der Waals surface area (Å²) in [6.07, 6.45) is 5.38. The van der Waals surface area contributed by atoms with E-state index in [1.807, 2.05) is 38.1 Å². The number of pyridine rings is 1. The van der Waals surface area contributed by atoms with E-state index in [1.54, 1.807) is 6.20 Å². The molecule has 2 heterocycles. The van der Waals surface area contributed by atoms with E-state index in [1.165, 1.54) is 0 Å². The quantitative estimate of drug-likeness (QED) is 0.887. The number of aliphatic hydroxyl groups is 1. The summed E-state index contributed by atoms with van der Waals surface area (Å²) in [6, 6.07) is 7.75. The Morgan fingerprint density at radius 2 is 2.08 bits per heavy atom. The van der Waals surface area contributed by atoms with Crippen LogP contribution in [-0.2, 0) is 6.54 Å². The third kappa shape index (κ3) is 3.51. The van der Waals surface area contributed by atoms with Crippen molar-refractivity contribution in [2.75, 3.05) is 6.54 Å². The maximum Gasteiger partial charge on any atom is 0.253 e. The van der Waals surface area contributed by atoms with Gasteiger partial charge in [-0.25, -0.2) is 0 Å². The minimum absolute atomic E-state index is 0.115. The maximum atomic E-state index is 12.5. The topological polar surface area (TPSA) is 67.2 Å². The van der Waals surface area contributed by atoms with Gasteiger partial charge in [0.2, 0.25) is 0 Å². The van der Waals surface area contributed by atoms with Crippen LogP contribution in [0.3, 0.4) is 0 Å². The van der Waals surface area contributed by atoms with Gasteiger partial charge in [-0.3, -0.25) is 9.78 Å². The summed E-state index contributed by atoms with van der Waals surface area (Å²) in [5.41, 5.74) is 2.86. The smallest absolute Gasteiger partial charge is 0.253 e. The predicted molar refractivity (Wildman–Crippen MR) is 93.0 cm³/mol. The Labute approximate surface area is 142 Å². The SMILES string of the molecule is Cc1cc(C(=O)NCC2(O)CCCC2)c(C)n1Cc1ccccn1. The first-order valence-corrected chi connectivity index (χ1v) is 8.56. The standard InChI is InChI=1S/C19H25N3O2/c1-14-11-17(18(23)21-13-19(24)8-4-5-9-19)15(2)22(14)12-16-7-3-6-10-20-16/h3,6-7,10-11,24H,4-5,8-9,12-13H2,1-2H3,(H,21,23). The lowest BCUT2D eigenvalue weighted by molar-refractivity contribution is 0.0449. The van der Waals surface area contributed by atoms with Crippen LogP contribution in [0.1, 0.15) is 53.1 Å². The van der Waals surface area contributed by atoms with Crippen LogP contribution < -0.4 is 5.32 Å². The molecule has 1 fully saturated rings. The Balaban J connectivity index is 1.72. The lowest BCUT2D eigenvalue weighted by Gasteiger charge is -2.22. The molecule has 2 aromatic heterocycles. The molecule has 1 amide bonds. The van der Waals surface area contributed by atoms with Gasteiger partial charge in [-0.2, -0.15) is 0 Å². The summed E-state index contributed by atoms with van der Waals surface area (Å²) in [5.74, 6) is -0.115. The molecule has 0 unspecified atom stereocenters. The van der Waals surface area contributed by atoms with Crippen LogP contribution in [-0.4, -0.2) is 32.7 Å². The molecule has 24 heavy (non-hydrogen) atoms. The zero-order valence-corrected chi connectivity index (χ0v) is 14.4. The van der Waals surface area contributed by atoms with Crippen molar-refractivity contribution in [2.45, 2.75) is 51.7 Å². The van der Waals surface area contributed by atoms with Crippen molar-refractivity contribution in [2.24, 2.45) is 0 Å². The van der Waals surface area contributed by atoms with E-state index >= 15 is 0 Å². The molecule has 1 aliphatic carbocycles. The van der Waals surface area contributed by atoms with Crippen LogP contribution in [0.5, 0.6) is 0 Å². The summed E-state index contributed by atoms with van der Waals surface area (Å²) in [6.45, 7) is 4.93. The number of nitrogens with one attached hydrogen (secondary N) is 1. The summed E-state index contributed by atoms with van der Waals surface area (Å²) < 4.78 is 2.10. The molecule has 2 aromatic rings. The fourth-order valence-electron chi connectivity index (χ4n) is 3.48. The van der Waals surface area contributed by atoms with E-state index < -0.39 is 5.60 Å². The lowest BCUT2D eigenvalue weighted by atomic mass is 10.0. The van der Waals surface area contributed by atoms with Gasteiger partial charge in [-0.1, -0.05) is 18.9 Å². The Hall–Kier alpha value is -2.14. The molecule has 0 aliphatic heterocycles. The average molecular weight is 327 g/mol. The number of nitrogens with zero attached hydrogens (tertiary/aromatic N) is 2. The molecular formula is C19H25N3O2. The fraction of sp³-hybridized carbons (Fsp3) is 0.474. The van der Waals surface area contributed by atoms with E-state index in [9.17, 15) is 9.90 Å². The lowest BCUT2D eigenvalue weighted by Crippen LogP contribution is -2.40. The molecule has 0 aromatic carbocycles. The summed E-state index contributed by atoms with van der Waals surface area (Å²) in [5, 5.41) is 13.3. The third-order valence-electron chi connectivity index (χ3n) is 4.98. The number of hydrogen-bond acceptors (Lipinski definition) is 3. The van der Waals surface area contributed by atoms with Crippen LogP contribution in [0, 0.1) is 13.8 Å². The highest BCUT2D eigenvalue weighted by atomic mass is 16.3. The number of aromatic nitrogens is 2. The van der Waals surface area contributed by atoms with Crippen molar-refractivity contribution in [3.63, 3.8) is 0 Å². The van der Waals surface area contributed by atoms with E-state index in [0.717, 1.165) is 42.8 Å². The van der Waals surface area contributed by atoms with Crippen molar-refractivity contribution in [1.82, 2.24) is 14.9 Å². The molecule has 3 rings (SSSR count). The van der Waals surface area contributed by atoms with Gasteiger partial charge in [0.25, 0.3) is 5.91 Å². The number of rotatable bonds is 5. The second-order valence-corrected chi connectivity index (χ2v) is 6.81. The van der Waals surface area contributed by atoms with Crippen molar-refractivity contribution >= 4 is 5.91 Å². The number of aryl methyl sites for hydroxylation is 1. The molecule has 5 heteroatoms. The van der Waals surface area contributed by atoms with Crippen molar-refractivity contribution in [3.8, 4) is 0 Å². The zero-order chi connectivity index (χ0) is 17.2. The number of carbonyl (C=O) groups excluding carboxylic acids is 1. The molecular weight excluding hydrogens is 302 g/mol. The molecule has 5 nitrogen and oxygen atoms in total. The monoisotopic (exact) mass is 327 g/mol. The molecule has 0 radical (unpaired) electrons. The van der Waals surface area contributed by atoms with E-state index in [4.69, 9.17) is 0 Å². The second kappa shape index (κ2) is 6.77. The average Bonchev–Trinajstić information content (AvgIpc) is 3.13. The Morgan fingerprint density at radius 1 is 1.33 bits per heavy atom. The summed E-state index contributed by atoms with van der Waals surface area (Å²) in [7, 11) is 0.